The molecule has 5 nitrogen and oxygen atoms in total. The number of nitrogens with one attached hydrogen (secondary N) is 1. The predicted octanol–water partition coefficient (Wildman–Crippen LogP) is -0.202. The molecule has 6 heteroatoms. The fraction of sp³-hybridized carbons (Fsp3) is 0.375. The Morgan fingerprint density at radius 2 is 2.36 bits per heavy atom. The second-order valence-corrected chi connectivity index (χ2v) is 2.73. The zero-order chi connectivity index (χ0) is 10.6. The van der Waals surface area contributed by atoms with Crippen LogP contribution in [0, 0.1) is 5.95 Å². The van der Waals surface area contributed by atoms with E-state index in [0.717, 1.165) is 6.33 Å². The molecule has 1 rings (SSSR count). The van der Waals surface area contributed by atoms with Gasteiger partial charge in [-0.2, -0.15) is 4.39 Å². The third-order valence-corrected chi connectivity index (χ3v) is 1.67. The topological polar surface area (TPSA) is 58.1 Å². The molecule has 1 heterocycles. The number of aromatic nitrogens is 2. The Labute approximate surface area is 81.0 Å². The van der Waals surface area contributed by atoms with E-state index in [4.69, 9.17) is 0 Å². The summed E-state index contributed by atoms with van der Waals surface area (Å²) < 4.78 is 12.7. The van der Waals surface area contributed by atoms with Crippen LogP contribution in [0.25, 0.3) is 0 Å². The molecule has 0 fully saturated rings. The summed E-state index contributed by atoms with van der Waals surface area (Å²) in [6, 6.07) is 1.17. The molecule has 14 heavy (non-hydrogen) atoms. The van der Waals surface area contributed by atoms with Gasteiger partial charge in [-0.3, -0.25) is 4.79 Å². The fourth-order valence-electron chi connectivity index (χ4n) is 0.908. The molecule has 0 spiro atoms. The van der Waals surface area contributed by atoms with Crippen molar-refractivity contribution in [2.75, 3.05) is 25.5 Å². The second-order valence-electron chi connectivity index (χ2n) is 2.73. The molecule has 0 aliphatic carbocycles. The van der Waals surface area contributed by atoms with Crippen LogP contribution in [0.15, 0.2) is 12.4 Å². The molecule has 0 aliphatic rings. The Hall–Kier alpha value is -1.72. The maximum Gasteiger partial charge on any atom is 0.239 e. The van der Waals surface area contributed by atoms with E-state index in [2.05, 4.69) is 15.3 Å². The molecule has 1 aromatic rings. The summed E-state index contributed by atoms with van der Waals surface area (Å²) in [7, 11) is 3.19. The SMILES string of the molecule is CNC(=O)CN(C)c1cc(F)ncn1. The molecule has 1 aromatic heterocycles. The average Bonchev–Trinajstić information content (AvgIpc) is 2.17. The molecule has 1 amide bonds. The first-order valence-corrected chi connectivity index (χ1v) is 4.02. The van der Waals surface area contributed by atoms with Crippen molar-refractivity contribution in [1.29, 1.82) is 0 Å². The van der Waals surface area contributed by atoms with Gasteiger partial charge >= 0.3 is 0 Å². The van der Waals surface area contributed by atoms with Crippen molar-refractivity contribution < 1.29 is 9.18 Å². The smallest absolute Gasteiger partial charge is 0.239 e. The van der Waals surface area contributed by atoms with Crippen LogP contribution in [0.5, 0.6) is 0 Å². The highest BCUT2D eigenvalue weighted by atomic mass is 19.1. The highest BCUT2D eigenvalue weighted by Gasteiger charge is 2.07. The van der Waals surface area contributed by atoms with Crippen LogP contribution >= 0.6 is 0 Å². The molecule has 76 valence electrons. The molecule has 0 saturated heterocycles. The van der Waals surface area contributed by atoms with E-state index in [1.807, 2.05) is 0 Å². The Kier molecular flexibility index (Phi) is 3.33. The van der Waals surface area contributed by atoms with Crippen molar-refractivity contribution in [3.8, 4) is 0 Å². The van der Waals surface area contributed by atoms with E-state index >= 15 is 0 Å². The average molecular weight is 198 g/mol. The van der Waals surface area contributed by atoms with Crippen LogP contribution in [0.4, 0.5) is 10.2 Å². The Bertz CT molecular complexity index is 331. The van der Waals surface area contributed by atoms with Gasteiger partial charge in [0, 0.05) is 20.2 Å². The number of nitrogens with zero attached hydrogens (tertiary/aromatic N) is 3. The van der Waals surface area contributed by atoms with Crippen LogP contribution in [-0.2, 0) is 4.79 Å². The van der Waals surface area contributed by atoms with Crippen LogP contribution in [-0.4, -0.2) is 36.5 Å². The molecule has 1 N–H and O–H groups in total. The molecule has 0 aliphatic heterocycles. The van der Waals surface area contributed by atoms with Gasteiger partial charge < -0.3 is 10.2 Å². The number of likely N-dealkylation sites (N-methyl/N-ethyl adjacent to an activating group) is 2. The van der Waals surface area contributed by atoms with Crippen LogP contribution in [0.1, 0.15) is 0 Å². The van der Waals surface area contributed by atoms with E-state index in [0.29, 0.717) is 5.82 Å². The fourth-order valence-corrected chi connectivity index (χ4v) is 0.908. The quantitative estimate of drug-likeness (QED) is 0.683. The first-order chi connectivity index (χ1) is 6.63. The molecular formula is C8H11FN4O. The lowest BCUT2D eigenvalue weighted by molar-refractivity contribution is -0.119. The minimum absolute atomic E-state index is 0.132. The van der Waals surface area contributed by atoms with Crippen molar-refractivity contribution in [2.24, 2.45) is 0 Å². The molecule has 0 unspecified atom stereocenters. The zero-order valence-corrected chi connectivity index (χ0v) is 7.99. The summed E-state index contributed by atoms with van der Waals surface area (Å²) >= 11 is 0. The Morgan fingerprint density at radius 3 is 2.93 bits per heavy atom. The van der Waals surface area contributed by atoms with Gasteiger partial charge in [0.15, 0.2) is 0 Å². The molecule has 0 saturated carbocycles. The van der Waals surface area contributed by atoms with Crippen molar-refractivity contribution in [3.05, 3.63) is 18.3 Å². The van der Waals surface area contributed by atoms with Gasteiger partial charge in [0.05, 0.1) is 6.54 Å². The number of anilines is 1. The summed E-state index contributed by atoms with van der Waals surface area (Å²) in [5.41, 5.74) is 0. The van der Waals surface area contributed by atoms with Gasteiger partial charge in [0.1, 0.15) is 12.1 Å². The van der Waals surface area contributed by atoms with E-state index < -0.39 is 5.95 Å². The minimum Gasteiger partial charge on any atom is -0.358 e. The number of halogens is 1. The van der Waals surface area contributed by atoms with E-state index in [1.54, 1.807) is 7.05 Å². The highest BCUT2D eigenvalue weighted by molar-refractivity contribution is 5.80. The number of rotatable bonds is 3. The number of hydrogen-bond donors (Lipinski definition) is 1. The summed E-state index contributed by atoms with van der Waals surface area (Å²) in [6.45, 7) is 0.132. The van der Waals surface area contributed by atoms with Gasteiger partial charge in [0.25, 0.3) is 0 Å². The first kappa shape index (κ1) is 10.4. The van der Waals surface area contributed by atoms with Gasteiger partial charge in [-0.05, 0) is 0 Å². The number of carbonyl (C=O) groups is 1. The molecule has 0 atom stereocenters. The zero-order valence-electron chi connectivity index (χ0n) is 7.99. The second kappa shape index (κ2) is 4.50. The molecule has 0 radical (unpaired) electrons. The van der Waals surface area contributed by atoms with Crippen LogP contribution in [0.2, 0.25) is 0 Å². The lowest BCUT2D eigenvalue weighted by Gasteiger charge is -2.16. The van der Waals surface area contributed by atoms with Crippen molar-refractivity contribution >= 4 is 11.7 Å². The largest absolute Gasteiger partial charge is 0.358 e. The van der Waals surface area contributed by atoms with Crippen molar-refractivity contribution in [2.45, 2.75) is 0 Å². The van der Waals surface area contributed by atoms with Crippen LogP contribution in [0.3, 0.4) is 0 Å². The number of amides is 1. The third-order valence-electron chi connectivity index (χ3n) is 1.67. The van der Waals surface area contributed by atoms with Crippen molar-refractivity contribution in [1.82, 2.24) is 15.3 Å². The van der Waals surface area contributed by atoms with Gasteiger partial charge in [-0.1, -0.05) is 0 Å². The van der Waals surface area contributed by atoms with Crippen molar-refractivity contribution in [3.63, 3.8) is 0 Å². The summed E-state index contributed by atoms with van der Waals surface area (Å²) in [5.74, 6) is -0.397. The van der Waals surface area contributed by atoms with Gasteiger partial charge in [0.2, 0.25) is 11.9 Å². The monoisotopic (exact) mass is 198 g/mol. The summed E-state index contributed by atoms with van der Waals surface area (Å²) in [4.78, 5) is 19.7. The lowest BCUT2D eigenvalue weighted by atomic mass is 10.4. The Balaban J connectivity index is 2.69. The van der Waals surface area contributed by atoms with E-state index in [9.17, 15) is 9.18 Å². The standard InChI is InChI=1S/C8H11FN4O/c1-10-8(14)4-13(2)7-3-6(9)11-5-12-7/h3,5H,4H2,1-2H3,(H,10,14). The molecular weight excluding hydrogens is 187 g/mol. The minimum atomic E-state index is -0.612. The van der Waals surface area contributed by atoms with Gasteiger partial charge in [-0.25, -0.2) is 9.97 Å². The van der Waals surface area contributed by atoms with E-state index in [-0.39, 0.29) is 12.5 Å². The first-order valence-electron chi connectivity index (χ1n) is 4.02. The normalized spacial score (nSPS) is 9.64. The number of carbonyl (C=O) groups excluding carboxylic acids is 1. The summed E-state index contributed by atoms with van der Waals surface area (Å²) in [6.07, 6.45) is 1.12. The third kappa shape index (κ3) is 2.65. The van der Waals surface area contributed by atoms with Gasteiger partial charge in [-0.15, -0.1) is 0 Å². The maximum absolute atomic E-state index is 12.7. The summed E-state index contributed by atoms with van der Waals surface area (Å²) in [5, 5.41) is 2.46. The molecule has 0 bridgehead atoms. The van der Waals surface area contributed by atoms with E-state index in [1.165, 1.54) is 18.0 Å². The predicted molar refractivity (Wildman–Crippen MR) is 49.3 cm³/mol. The lowest BCUT2D eigenvalue weighted by Crippen LogP contribution is -2.33. The maximum atomic E-state index is 12.7. The van der Waals surface area contributed by atoms with Crippen LogP contribution < -0.4 is 10.2 Å². The highest BCUT2D eigenvalue weighted by Crippen LogP contribution is 2.06. The Morgan fingerprint density at radius 1 is 1.64 bits per heavy atom. The molecule has 0 aromatic carbocycles. The number of hydrogen-bond acceptors (Lipinski definition) is 4.